The summed E-state index contributed by atoms with van der Waals surface area (Å²) in [4.78, 5) is 10.6. The van der Waals surface area contributed by atoms with E-state index in [4.69, 9.17) is 5.11 Å². The molecule has 2 N–H and O–H groups in total. The maximum absolute atomic E-state index is 10.6. The fraction of sp³-hybridized carbons (Fsp3) is 0.636. The number of aliphatic hydroxyl groups excluding tert-OH is 1. The number of hydrogen-bond acceptors (Lipinski definition) is 3. The second-order valence-electron chi connectivity index (χ2n) is 4.97. The van der Waals surface area contributed by atoms with Crippen LogP contribution in [0.25, 0.3) is 0 Å². The molecule has 0 aliphatic carbocycles. The zero-order valence-electron chi connectivity index (χ0n) is 10.1. The van der Waals surface area contributed by atoms with Crippen molar-refractivity contribution in [1.82, 2.24) is 9.78 Å². The van der Waals surface area contributed by atoms with E-state index in [1.165, 1.54) is 0 Å². The van der Waals surface area contributed by atoms with Crippen LogP contribution < -0.4 is 0 Å². The standard InChI is InChI=1S/C11H18N2O3/c1-11(2,3)10-7(6-13(4)12-10)8(14)5-9(15)16/h6,8,14H,5H2,1-4H3,(H,15,16)/t8-/m1/s1. The third kappa shape index (κ3) is 2.82. The van der Waals surface area contributed by atoms with Crippen LogP contribution in [0.15, 0.2) is 6.20 Å². The zero-order chi connectivity index (χ0) is 12.5. The predicted octanol–water partition coefficient (Wildman–Crippen LogP) is 1.23. The molecule has 5 heteroatoms. The van der Waals surface area contributed by atoms with Crippen molar-refractivity contribution < 1.29 is 15.0 Å². The van der Waals surface area contributed by atoms with Crippen molar-refractivity contribution in [3.63, 3.8) is 0 Å². The Morgan fingerprint density at radius 2 is 2.12 bits per heavy atom. The Morgan fingerprint density at radius 3 is 2.56 bits per heavy atom. The Labute approximate surface area is 94.7 Å². The van der Waals surface area contributed by atoms with Gasteiger partial charge in [0.25, 0.3) is 0 Å². The van der Waals surface area contributed by atoms with Gasteiger partial charge in [-0.05, 0) is 0 Å². The second-order valence-corrected chi connectivity index (χ2v) is 4.97. The number of hydrogen-bond donors (Lipinski definition) is 2. The van der Waals surface area contributed by atoms with Crippen LogP contribution in [-0.2, 0) is 17.3 Å². The number of rotatable bonds is 3. The number of carboxylic acids is 1. The average molecular weight is 226 g/mol. The first-order valence-electron chi connectivity index (χ1n) is 5.15. The molecule has 90 valence electrons. The molecule has 0 bridgehead atoms. The van der Waals surface area contributed by atoms with E-state index in [1.807, 2.05) is 20.8 Å². The highest BCUT2D eigenvalue weighted by Crippen LogP contribution is 2.29. The number of nitrogens with zero attached hydrogens (tertiary/aromatic N) is 2. The Balaban J connectivity index is 3.08. The zero-order valence-corrected chi connectivity index (χ0v) is 10.1. The summed E-state index contributed by atoms with van der Waals surface area (Å²) in [5.74, 6) is -1.02. The highest BCUT2D eigenvalue weighted by Gasteiger charge is 2.26. The lowest BCUT2D eigenvalue weighted by Crippen LogP contribution is -2.17. The van der Waals surface area contributed by atoms with Crippen LogP contribution in [-0.4, -0.2) is 26.0 Å². The molecule has 16 heavy (non-hydrogen) atoms. The summed E-state index contributed by atoms with van der Waals surface area (Å²) in [6.45, 7) is 5.94. The van der Waals surface area contributed by atoms with Crippen LogP contribution in [0.2, 0.25) is 0 Å². The molecule has 1 aromatic rings. The topological polar surface area (TPSA) is 75.4 Å². The van der Waals surface area contributed by atoms with Crippen LogP contribution in [0.3, 0.4) is 0 Å². The minimum absolute atomic E-state index is 0.212. The summed E-state index contributed by atoms with van der Waals surface area (Å²) in [6.07, 6.45) is 0.378. The van der Waals surface area contributed by atoms with Gasteiger partial charge in [0.05, 0.1) is 18.2 Å². The number of aryl methyl sites for hydroxylation is 1. The second kappa shape index (κ2) is 4.25. The number of aliphatic hydroxyl groups is 1. The lowest BCUT2D eigenvalue weighted by atomic mass is 9.87. The van der Waals surface area contributed by atoms with Crippen molar-refractivity contribution in [2.24, 2.45) is 7.05 Å². The Morgan fingerprint density at radius 1 is 1.56 bits per heavy atom. The van der Waals surface area contributed by atoms with E-state index in [0.717, 1.165) is 5.69 Å². The van der Waals surface area contributed by atoms with Gasteiger partial charge in [-0.3, -0.25) is 9.48 Å². The summed E-state index contributed by atoms with van der Waals surface area (Å²) < 4.78 is 1.60. The lowest BCUT2D eigenvalue weighted by Gasteiger charge is -2.19. The Bertz CT molecular complexity index is 390. The fourth-order valence-corrected chi connectivity index (χ4v) is 1.61. The summed E-state index contributed by atoms with van der Waals surface area (Å²) in [5, 5.41) is 22.7. The number of carbonyl (C=O) groups is 1. The van der Waals surface area contributed by atoms with Crippen molar-refractivity contribution in [2.75, 3.05) is 0 Å². The predicted molar refractivity (Wildman–Crippen MR) is 59.1 cm³/mol. The monoisotopic (exact) mass is 226 g/mol. The quantitative estimate of drug-likeness (QED) is 0.812. The fourth-order valence-electron chi connectivity index (χ4n) is 1.61. The maximum Gasteiger partial charge on any atom is 0.306 e. The SMILES string of the molecule is Cn1cc([C@H](O)CC(=O)O)c(C(C)(C)C)n1. The van der Waals surface area contributed by atoms with Gasteiger partial charge in [-0.2, -0.15) is 5.10 Å². The van der Waals surface area contributed by atoms with Gasteiger partial charge in [0, 0.05) is 24.2 Å². The van der Waals surface area contributed by atoms with E-state index in [9.17, 15) is 9.90 Å². The Kier molecular flexibility index (Phi) is 3.38. The van der Waals surface area contributed by atoms with Crippen molar-refractivity contribution in [3.8, 4) is 0 Å². The first-order chi connectivity index (χ1) is 7.21. The van der Waals surface area contributed by atoms with Crippen LogP contribution in [0.4, 0.5) is 0 Å². The van der Waals surface area contributed by atoms with Gasteiger partial charge in [-0.15, -0.1) is 0 Å². The van der Waals surface area contributed by atoms with Crippen molar-refractivity contribution in [2.45, 2.75) is 38.7 Å². The van der Waals surface area contributed by atoms with Crippen molar-refractivity contribution in [1.29, 1.82) is 0 Å². The molecule has 0 spiro atoms. The summed E-state index contributed by atoms with van der Waals surface area (Å²) in [7, 11) is 1.76. The van der Waals surface area contributed by atoms with Crippen LogP contribution in [0, 0.1) is 0 Å². The highest BCUT2D eigenvalue weighted by molar-refractivity contribution is 5.67. The molecule has 0 fully saturated rings. The molecule has 0 saturated heterocycles. The lowest BCUT2D eigenvalue weighted by molar-refractivity contribution is -0.139. The highest BCUT2D eigenvalue weighted by atomic mass is 16.4. The molecule has 0 saturated carbocycles. The van der Waals surface area contributed by atoms with Gasteiger partial charge in [-0.1, -0.05) is 20.8 Å². The molecule has 0 amide bonds. The van der Waals surface area contributed by atoms with Gasteiger partial charge >= 0.3 is 5.97 Å². The minimum Gasteiger partial charge on any atom is -0.481 e. The molecule has 5 nitrogen and oxygen atoms in total. The summed E-state index contributed by atoms with van der Waals surface area (Å²) >= 11 is 0. The molecule has 1 heterocycles. The van der Waals surface area contributed by atoms with E-state index in [0.29, 0.717) is 5.56 Å². The van der Waals surface area contributed by atoms with E-state index in [2.05, 4.69) is 5.10 Å². The smallest absolute Gasteiger partial charge is 0.306 e. The van der Waals surface area contributed by atoms with Gasteiger partial charge in [-0.25, -0.2) is 0 Å². The third-order valence-electron chi connectivity index (χ3n) is 2.29. The largest absolute Gasteiger partial charge is 0.481 e. The number of aliphatic carboxylic acids is 1. The molecule has 1 aromatic heterocycles. The van der Waals surface area contributed by atoms with E-state index in [-0.39, 0.29) is 11.8 Å². The number of aromatic nitrogens is 2. The van der Waals surface area contributed by atoms with E-state index in [1.54, 1.807) is 17.9 Å². The van der Waals surface area contributed by atoms with Crippen LogP contribution in [0.1, 0.15) is 44.6 Å². The van der Waals surface area contributed by atoms with Crippen LogP contribution >= 0.6 is 0 Å². The van der Waals surface area contributed by atoms with Gasteiger partial charge in [0.1, 0.15) is 0 Å². The molecule has 0 aliphatic heterocycles. The first-order valence-corrected chi connectivity index (χ1v) is 5.15. The van der Waals surface area contributed by atoms with E-state index >= 15 is 0 Å². The molecule has 0 radical (unpaired) electrons. The average Bonchev–Trinajstić information content (AvgIpc) is 2.45. The van der Waals surface area contributed by atoms with Gasteiger partial charge in [0.2, 0.25) is 0 Å². The van der Waals surface area contributed by atoms with Gasteiger partial charge in [0.15, 0.2) is 0 Å². The maximum atomic E-state index is 10.6. The molecule has 1 atom stereocenters. The van der Waals surface area contributed by atoms with Crippen molar-refractivity contribution >= 4 is 5.97 Å². The Hall–Kier alpha value is -1.36. The van der Waals surface area contributed by atoms with E-state index < -0.39 is 12.1 Å². The number of carboxylic acid groups (broad SMARTS) is 1. The summed E-state index contributed by atoms with van der Waals surface area (Å²) in [6, 6.07) is 0. The summed E-state index contributed by atoms with van der Waals surface area (Å²) in [5.41, 5.74) is 1.12. The molecule has 0 aromatic carbocycles. The minimum atomic E-state index is -1.02. The molecular formula is C11H18N2O3. The molecule has 0 unspecified atom stereocenters. The normalized spacial score (nSPS) is 13.8. The third-order valence-corrected chi connectivity index (χ3v) is 2.29. The molecule has 1 rings (SSSR count). The molecule has 0 aliphatic rings. The van der Waals surface area contributed by atoms with Crippen LogP contribution in [0.5, 0.6) is 0 Å². The van der Waals surface area contributed by atoms with Gasteiger partial charge < -0.3 is 10.2 Å². The van der Waals surface area contributed by atoms with Crippen molar-refractivity contribution in [3.05, 3.63) is 17.5 Å². The molecular weight excluding hydrogens is 208 g/mol. The first kappa shape index (κ1) is 12.7.